The lowest BCUT2D eigenvalue weighted by atomic mass is 9.97. The monoisotopic (exact) mass is 487 g/mol. The molecule has 9 nitrogen and oxygen atoms in total. The lowest BCUT2D eigenvalue weighted by Gasteiger charge is -2.35. The van der Waals surface area contributed by atoms with Gasteiger partial charge in [-0.3, -0.25) is 29.1 Å². The van der Waals surface area contributed by atoms with Crippen molar-refractivity contribution in [3.05, 3.63) is 40.9 Å². The Balaban J connectivity index is 1.23. The number of carbonyl (C=O) groups excluding carboxylic acids is 4. The lowest BCUT2D eigenvalue weighted by molar-refractivity contribution is -0.144. The SMILES string of the molecule is O=C(CN1CCN(CN2C(=O)C(=O)N(CCC3=CCCCC3)C2=O)CC1)Nc1ccccc1Cl. The van der Waals surface area contributed by atoms with E-state index in [2.05, 4.69) is 11.4 Å². The van der Waals surface area contributed by atoms with Crippen molar-refractivity contribution >= 4 is 41.0 Å². The average molecular weight is 488 g/mol. The fraction of sp³-hybridized carbons (Fsp3) is 0.500. The highest BCUT2D eigenvalue weighted by molar-refractivity contribution is 6.44. The fourth-order valence-electron chi connectivity index (χ4n) is 4.50. The zero-order valence-electron chi connectivity index (χ0n) is 19.2. The summed E-state index contributed by atoms with van der Waals surface area (Å²) in [6, 6.07) is 6.54. The Kier molecular flexibility index (Phi) is 7.97. The van der Waals surface area contributed by atoms with Crippen LogP contribution in [0.5, 0.6) is 0 Å². The Morgan fingerprint density at radius 3 is 2.35 bits per heavy atom. The van der Waals surface area contributed by atoms with Crippen LogP contribution in [-0.4, -0.2) is 89.3 Å². The van der Waals surface area contributed by atoms with E-state index in [1.165, 1.54) is 12.0 Å². The van der Waals surface area contributed by atoms with E-state index in [4.69, 9.17) is 11.6 Å². The van der Waals surface area contributed by atoms with Crippen LogP contribution in [-0.2, 0) is 14.4 Å². The van der Waals surface area contributed by atoms with Crippen LogP contribution >= 0.6 is 11.6 Å². The van der Waals surface area contributed by atoms with Gasteiger partial charge in [0, 0.05) is 32.7 Å². The van der Waals surface area contributed by atoms with Gasteiger partial charge in [0.05, 0.1) is 23.9 Å². The van der Waals surface area contributed by atoms with Crippen molar-refractivity contribution in [2.75, 3.05) is 51.3 Å². The second kappa shape index (κ2) is 11.1. The van der Waals surface area contributed by atoms with Crippen LogP contribution in [0.4, 0.5) is 10.5 Å². The number of para-hydroxylation sites is 1. The number of piperazine rings is 1. The minimum absolute atomic E-state index is 0.0856. The molecule has 0 atom stereocenters. The van der Waals surface area contributed by atoms with E-state index in [0.717, 1.165) is 29.1 Å². The van der Waals surface area contributed by atoms with E-state index in [9.17, 15) is 19.2 Å². The molecular weight excluding hydrogens is 458 g/mol. The van der Waals surface area contributed by atoms with Crippen molar-refractivity contribution < 1.29 is 19.2 Å². The topological polar surface area (TPSA) is 93.3 Å². The van der Waals surface area contributed by atoms with E-state index < -0.39 is 17.8 Å². The fourth-order valence-corrected chi connectivity index (χ4v) is 4.69. The first kappa shape index (κ1) is 24.4. The zero-order valence-corrected chi connectivity index (χ0v) is 19.9. The van der Waals surface area contributed by atoms with Crippen LogP contribution in [0.15, 0.2) is 35.9 Å². The van der Waals surface area contributed by atoms with Gasteiger partial charge in [0.2, 0.25) is 5.91 Å². The number of hydrogen-bond donors (Lipinski definition) is 1. The number of hydrogen-bond acceptors (Lipinski definition) is 6. The Morgan fingerprint density at radius 1 is 0.941 bits per heavy atom. The summed E-state index contributed by atoms with van der Waals surface area (Å²) in [5.74, 6) is -1.65. The van der Waals surface area contributed by atoms with Gasteiger partial charge in [0.1, 0.15) is 0 Å². The Labute approximate surface area is 204 Å². The number of amides is 5. The molecule has 1 aliphatic carbocycles. The summed E-state index contributed by atoms with van der Waals surface area (Å²) in [5.41, 5.74) is 1.83. The van der Waals surface area contributed by atoms with Crippen LogP contribution in [0.3, 0.4) is 0 Å². The zero-order chi connectivity index (χ0) is 24.1. The Hall–Kier alpha value is -2.75. The second-order valence-electron chi connectivity index (χ2n) is 8.89. The van der Waals surface area contributed by atoms with Gasteiger partial charge < -0.3 is 5.32 Å². The predicted molar refractivity (Wildman–Crippen MR) is 128 cm³/mol. The summed E-state index contributed by atoms with van der Waals surface area (Å²) >= 11 is 6.09. The molecule has 1 aromatic rings. The number of carbonyl (C=O) groups is 4. The highest BCUT2D eigenvalue weighted by Crippen LogP contribution is 2.23. The molecule has 2 fully saturated rings. The van der Waals surface area contributed by atoms with E-state index in [1.54, 1.807) is 24.3 Å². The Morgan fingerprint density at radius 2 is 1.65 bits per heavy atom. The largest absolute Gasteiger partial charge is 0.335 e. The number of nitrogens with zero attached hydrogens (tertiary/aromatic N) is 4. The first-order chi connectivity index (χ1) is 16.4. The third kappa shape index (κ3) is 5.84. The summed E-state index contributed by atoms with van der Waals surface area (Å²) in [5, 5.41) is 3.30. The van der Waals surface area contributed by atoms with Crippen LogP contribution in [0.25, 0.3) is 0 Å². The molecule has 0 spiro atoms. The molecule has 3 aliphatic rings. The van der Waals surface area contributed by atoms with Crippen molar-refractivity contribution in [1.29, 1.82) is 0 Å². The summed E-state index contributed by atoms with van der Waals surface area (Å²) in [7, 11) is 0. The van der Waals surface area contributed by atoms with E-state index in [0.29, 0.717) is 43.3 Å². The predicted octanol–water partition coefficient (Wildman–Crippen LogP) is 2.53. The minimum atomic E-state index is -0.760. The van der Waals surface area contributed by atoms with Gasteiger partial charge in [-0.05, 0) is 44.2 Å². The van der Waals surface area contributed by atoms with Gasteiger partial charge in [-0.15, -0.1) is 0 Å². The first-order valence-electron chi connectivity index (χ1n) is 11.8. The maximum Gasteiger partial charge on any atom is 0.335 e. The molecule has 1 aromatic carbocycles. The van der Waals surface area contributed by atoms with Gasteiger partial charge in [0.25, 0.3) is 0 Å². The van der Waals surface area contributed by atoms with Gasteiger partial charge in [-0.1, -0.05) is 35.4 Å². The molecule has 2 heterocycles. The number of rotatable bonds is 8. The van der Waals surface area contributed by atoms with Crippen molar-refractivity contribution in [2.45, 2.75) is 32.1 Å². The molecule has 10 heteroatoms. The van der Waals surface area contributed by atoms with Gasteiger partial charge in [0.15, 0.2) is 0 Å². The van der Waals surface area contributed by atoms with Crippen LogP contribution in [0.2, 0.25) is 5.02 Å². The molecule has 0 radical (unpaired) electrons. The molecule has 5 amide bonds. The van der Waals surface area contributed by atoms with E-state index >= 15 is 0 Å². The summed E-state index contributed by atoms with van der Waals surface area (Å²) in [4.78, 5) is 56.1. The molecule has 4 rings (SSSR count). The summed E-state index contributed by atoms with van der Waals surface area (Å²) in [6.07, 6.45) is 7.16. The van der Waals surface area contributed by atoms with E-state index in [-0.39, 0.29) is 25.7 Å². The van der Waals surface area contributed by atoms with Crippen LogP contribution in [0, 0.1) is 0 Å². The number of nitrogens with one attached hydrogen (secondary N) is 1. The highest BCUT2D eigenvalue weighted by Gasteiger charge is 2.44. The van der Waals surface area contributed by atoms with Crippen molar-refractivity contribution in [1.82, 2.24) is 19.6 Å². The molecule has 182 valence electrons. The molecule has 0 unspecified atom stereocenters. The standard InChI is InChI=1S/C24H30ClN5O4/c25-19-8-4-5-9-20(19)26-21(31)16-27-12-14-28(15-13-27)17-30-23(33)22(32)29(24(30)34)11-10-18-6-2-1-3-7-18/h4-6,8-9H,1-3,7,10-17H2,(H,26,31). The third-order valence-electron chi connectivity index (χ3n) is 6.50. The van der Waals surface area contributed by atoms with Gasteiger partial charge >= 0.3 is 17.8 Å². The lowest BCUT2D eigenvalue weighted by Crippen LogP contribution is -2.52. The second-order valence-corrected chi connectivity index (χ2v) is 9.30. The number of halogens is 1. The molecule has 34 heavy (non-hydrogen) atoms. The summed E-state index contributed by atoms with van der Waals surface area (Å²) < 4.78 is 0. The van der Waals surface area contributed by atoms with Crippen molar-refractivity contribution in [3.63, 3.8) is 0 Å². The normalized spacial score (nSPS) is 20.1. The van der Waals surface area contributed by atoms with Crippen molar-refractivity contribution in [2.24, 2.45) is 0 Å². The quantitative estimate of drug-likeness (QED) is 0.344. The number of imide groups is 2. The van der Waals surface area contributed by atoms with Crippen molar-refractivity contribution in [3.8, 4) is 0 Å². The maximum absolute atomic E-state index is 12.8. The van der Waals surface area contributed by atoms with Crippen LogP contribution < -0.4 is 5.32 Å². The van der Waals surface area contributed by atoms with Gasteiger partial charge in [-0.2, -0.15) is 0 Å². The molecule has 0 saturated carbocycles. The Bertz CT molecular complexity index is 989. The molecule has 0 bridgehead atoms. The maximum atomic E-state index is 12.8. The minimum Gasteiger partial charge on any atom is -0.324 e. The third-order valence-corrected chi connectivity index (χ3v) is 6.83. The van der Waals surface area contributed by atoms with Gasteiger partial charge in [-0.25, -0.2) is 9.69 Å². The van der Waals surface area contributed by atoms with E-state index in [1.807, 2.05) is 9.80 Å². The van der Waals surface area contributed by atoms with Crippen LogP contribution in [0.1, 0.15) is 32.1 Å². The number of allylic oxidation sites excluding steroid dienone is 1. The average Bonchev–Trinajstić information content (AvgIpc) is 3.04. The smallest absolute Gasteiger partial charge is 0.324 e. The molecule has 0 aromatic heterocycles. The first-order valence-corrected chi connectivity index (χ1v) is 12.1. The number of benzene rings is 1. The molecule has 2 saturated heterocycles. The molecular formula is C24H30ClN5O4. The molecule has 2 aliphatic heterocycles. The summed E-state index contributed by atoms with van der Waals surface area (Å²) in [6.45, 7) is 2.94. The highest BCUT2D eigenvalue weighted by atomic mass is 35.5. The molecule has 1 N–H and O–H groups in total. The number of anilines is 1. The number of urea groups is 1.